The minimum absolute atomic E-state index is 0.00706. The highest BCUT2D eigenvalue weighted by Gasteiger charge is 2.23. The summed E-state index contributed by atoms with van der Waals surface area (Å²) in [5.74, 6) is 0.215. The van der Waals surface area contributed by atoms with E-state index in [-0.39, 0.29) is 16.9 Å². The van der Waals surface area contributed by atoms with Crippen molar-refractivity contribution in [3.05, 3.63) is 27.7 Å². The number of halogens is 1. The summed E-state index contributed by atoms with van der Waals surface area (Å²) < 4.78 is 0.697. The molecule has 2 nitrogen and oxygen atoms in total. The summed E-state index contributed by atoms with van der Waals surface area (Å²) in [6.45, 7) is 7.51. The zero-order valence-corrected chi connectivity index (χ0v) is 11.0. The van der Waals surface area contributed by atoms with Gasteiger partial charge in [-0.15, -0.1) is 0 Å². The first-order chi connectivity index (χ1) is 6.75. The maximum absolute atomic E-state index is 11.3. The van der Waals surface area contributed by atoms with Gasteiger partial charge in [-0.25, -0.2) is 0 Å². The van der Waals surface area contributed by atoms with Gasteiger partial charge < -0.3 is 5.11 Å². The predicted octanol–water partition coefficient (Wildman–Crippen LogP) is 3.65. The molecule has 0 unspecified atom stereocenters. The van der Waals surface area contributed by atoms with Gasteiger partial charge in [-0.1, -0.05) is 20.8 Å². The van der Waals surface area contributed by atoms with Crippen molar-refractivity contribution in [2.24, 2.45) is 0 Å². The Kier molecular flexibility index (Phi) is 3.24. The molecule has 0 amide bonds. The second-order valence-corrected chi connectivity index (χ2v) is 5.42. The third-order valence-corrected chi connectivity index (χ3v) is 3.07. The summed E-state index contributed by atoms with van der Waals surface area (Å²) in [6.07, 6.45) is 0. The van der Waals surface area contributed by atoms with Crippen LogP contribution in [-0.4, -0.2) is 10.9 Å². The molecule has 0 saturated carbocycles. The van der Waals surface area contributed by atoms with E-state index in [0.29, 0.717) is 10.0 Å². The van der Waals surface area contributed by atoms with Gasteiger partial charge in [0, 0.05) is 15.6 Å². The Morgan fingerprint density at radius 3 is 2.27 bits per heavy atom. The van der Waals surface area contributed by atoms with Gasteiger partial charge in [-0.05, 0) is 40.4 Å². The lowest BCUT2D eigenvalue weighted by Gasteiger charge is -2.23. The molecule has 0 aliphatic carbocycles. The Morgan fingerprint density at radius 2 is 1.87 bits per heavy atom. The van der Waals surface area contributed by atoms with Gasteiger partial charge in [0.25, 0.3) is 0 Å². The van der Waals surface area contributed by atoms with E-state index in [1.54, 1.807) is 12.1 Å². The number of rotatable bonds is 1. The van der Waals surface area contributed by atoms with Crippen LogP contribution in [-0.2, 0) is 5.41 Å². The fourth-order valence-electron chi connectivity index (χ4n) is 1.55. The number of ketones is 1. The van der Waals surface area contributed by atoms with Crippen LogP contribution >= 0.6 is 15.9 Å². The van der Waals surface area contributed by atoms with E-state index in [4.69, 9.17) is 0 Å². The molecule has 1 aromatic rings. The van der Waals surface area contributed by atoms with Gasteiger partial charge in [0.15, 0.2) is 5.78 Å². The van der Waals surface area contributed by atoms with Crippen LogP contribution in [0.3, 0.4) is 0 Å². The summed E-state index contributed by atoms with van der Waals surface area (Å²) in [5, 5.41) is 9.79. The Bertz CT molecular complexity index is 403. The molecule has 0 fully saturated rings. The molecule has 3 heteroatoms. The molecular formula is C12H15BrO2. The molecule has 1 rings (SSSR count). The molecule has 0 saturated heterocycles. The molecule has 0 bridgehead atoms. The highest BCUT2D eigenvalue weighted by molar-refractivity contribution is 9.10. The number of carbonyl (C=O) groups excluding carboxylic acids is 1. The van der Waals surface area contributed by atoms with Crippen molar-refractivity contribution in [3.8, 4) is 5.75 Å². The van der Waals surface area contributed by atoms with E-state index < -0.39 is 0 Å². The van der Waals surface area contributed by atoms with E-state index in [1.807, 2.05) is 20.8 Å². The average Bonchev–Trinajstić information content (AvgIpc) is 2.00. The van der Waals surface area contributed by atoms with E-state index in [9.17, 15) is 9.90 Å². The SMILES string of the molecule is CC(=O)c1ccc(O)c(C(C)(C)C)c1Br. The first kappa shape index (κ1) is 12.2. The second-order valence-electron chi connectivity index (χ2n) is 4.63. The molecule has 0 heterocycles. The minimum atomic E-state index is -0.200. The number of hydrogen-bond donors (Lipinski definition) is 1. The number of benzene rings is 1. The summed E-state index contributed by atoms with van der Waals surface area (Å²) >= 11 is 3.39. The van der Waals surface area contributed by atoms with E-state index in [2.05, 4.69) is 15.9 Å². The van der Waals surface area contributed by atoms with Crippen LogP contribution in [0, 0.1) is 0 Å². The number of phenolic OH excluding ortho intramolecular Hbond substituents is 1. The van der Waals surface area contributed by atoms with Crippen LogP contribution in [0.2, 0.25) is 0 Å². The van der Waals surface area contributed by atoms with E-state index in [0.717, 1.165) is 5.56 Å². The highest BCUT2D eigenvalue weighted by Crippen LogP contribution is 2.38. The third kappa shape index (κ3) is 2.40. The van der Waals surface area contributed by atoms with Crippen molar-refractivity contribution in [2.45, 2.75) is 33.1 Å². The van der Waals surface area contributed by atoms with Gasteiger partial charge in [-0.3, -0.25) is 4.79 Å². The van der Waals surface area contributed by atoms with Crippen LogP contribution in [0.15, 0.2) is 16.6 Å². The molecule has 0 aliphatic rings. The number of carbonyl (C=O) groups is 1. The lowest BCUT2D eigenvalue weighted by molar-refractivity contribution is 0.101. The van der Waals surface area contributed by atoms with Crippen LogP contribution in [0.5, 0.6) is 5.75 Å². The van der Waals surface area contributed by atoms with Crippen molar-refractivity contribution >= 4 is 21.7 Å². The zero-order valence-electron chi connectivity index (χ0n) is 9.39. The quantitative estimate of drug-likeness (QED) is 0.791. The maximum atomic E-state index is 11.3. The number of aromatic hydroxyl groups is 1. The predicted molar refractivity (Wildman–Crippen MR) is 64.5 cm³/mol. The molecule has 0 aromatic heterocycles. The summed E-state index contributed by atoms with van der Waals surface area (Å²) in [4.78, 5) is 11.3. The number of hydrogen-bond acceptors (Lipinski definition) is 2. The minimum Gasteiger partial charge on any atom is -0.508 e. The van der Waals surface area contributed by atoms with Crippen LogP contribution < -0.4 is 0 Å². The van der Waals surface area contributed by atoms with Crippen LogP contribution in [0.4, 0.5) is 0 Å². The first-order valence-corrected chi connectivity index (χ1v) is 5.57. The van der Waals surface area contributed by atoms with Crippen molar-refractivity contribution in [2.75, 3.05) is 0 Å². The Hall–Kier alpha value is -0.830. The highest BCUT2D eigenvalue weighted by atomic mass is 79.9. The van der Waals surface area contributed by atoms with Gasteiger partial charge in [-0.2, -0.15) is 0 Å². The molecule has 15 heavy (non-hydrogen) atoms. The molecule has 0 radical (unpaired) electrons. The Labute approximate surface area is 98.4 Å². The Morgan fingerprint density at radius 1 is 1.33 bits per heavy atom. The van der Waals surface area contributed by atoms with Gasteiger partial charge in [0.05, 0.1) is 0 Å². The van der Waals surface area contributed by atoms with E-state index >= 15 is 0 Å². The molecular weight excluding hydrogens is 256 g/mol. The molecule has 0 atom stereocenters. The average molecular weight is 271 g/mol. The van der Waals surface area contributed by atoms with E-state index in [1.165, 1.54) is 6.92 Å². The largest absolute Gasteiger partial charge is 0.508 e. The lowest BCUT2D eigenvalue weighted by atomic mass is 9.85. The number of phenols is 1. The van der Waals surface area contributed by atoms with Crippen LogP contribution in [0.1, 0.15) is 43.6 Å². The monoisotopic (exact) mass is 270 g/mol. The summed E-state index contributed by atoms with van der Waals surface area (Å²) in [5.41, 5.74) is 1.18. The molecule has 0 aliphatic heterocycles. The fourth-order valence-corrected chi connectivity index (χ4v) is 2.76. The summed E-state index contributed by atoms with van der Waals surface area (Å²) in [6, 6.07) is 3.21. The zero-order chi connectivity index (χ0) is 11.8. The number of Topliss-reactive ketones (excluding diaryl/α,β-unsaturated/α-hetero) is 1. The normalized spacial score (nSPS) is 11.5. The second kappa shape index (κ2) is 3.97. The first-order valence-electron chi connectivity index (χ1n) is 4.78. The molecule has 0 spiro atoms. The maximum Gasteiger partial charge on any atom is 0.160 e. The Balaban J connectivity index is 3.51. The molecule has 82 valence electrons. The van der Waals surface area contributed by atoms with Crippen molar-refractivity contribution in [1.82, 2.24) is 0 Å². The van der Waals surface area contributed by atoms with Crippen LogP contribution in [0.25, 0.3) is 0 Å². The van der Waals surface area contributed by atoms with Gasteiger partial charge in [0.1, 0.15) is 5.75 Å². The van der Waals surface area contributed by atoms with Gasteiger partial charge >= 0.3 is 0 Å². The van der Waals surface area contributed by atoms with Crippen molar-refractivity contribution in [1.29, 1.82) is 0 Å². The van der Waals surface area contributed by atoms with Crippen molar-refractivity contribution in [3.63, 3.8) is 0 Å². The topological polar surface area (TPSA) is 37.3 Å². The van der Waals surface area contributed by atoms with Crippen molar-refractivity contribution < 1.29 is 9.90 Å². The molecule has 1 N–H and O–H groups in total. The fraction of sp³-hybridized carbons (Fsp3) is 0.417. The molecule has 1 aromatic carbocycles. The summed E-state index contributed by atoms with van der Waals surface area (Å²) in [7, 11) is 0. The van der Waals surface area contributed by atoms with Gasteiger partial charge in [0.2, 0.25) is 0 Å². The third-order valence-electron chi connectivity index (χ3n) is 2.25. The smallest absolute Gasteiger partial charge is 0.160 e. The standard InChI is InChI=1S/C12H15BrO2/c1-7(14)8-5-6-9(15)10(11(8)13)12(2,3)4/h5-6,15H,1-4H3. The lowest BCUT2D eigenvalue weighted by Crippen LogP contribution is -2.14.